The summed E-state index contributed by atoms with van der Waals surface area (Å²) in [5, 5.41) is 0. The Balaban J connectivity index is 3.91. The Morgan fingerprint density at radius 3 is 2.38 bits per heavy atom. The molecular formula is C15H25N. The summed E-state index contributed by atoms with van der Waals surface area (Å²) in [5.74, 6) is 0. The van der Waals surface area contributed by atoms with Crippen LogP contribution >= 0.6 is 0 Å². The highest BCUT2D eigenvalue weighted by Gasteiger charge is 1.87. The van der Waals surface area contributed by atoms with Gasteiger partial charge in [-0.1, -0.05) is 35.5 Å². The van der Waals surface area contributed by atoms with Crippen LogP contribution in [-0.2, 0) is 0 Å². The van der Waals surface area contributed by atoms with E-state index in [-0.39, 0.29) is 0 Å². The molecule has 0 saturated heterocycles. The van der Waals surface area contributed by atoms with Crippen molar-refractivity contribution in [1.29, 1.82) is 0 Å². The molecule has 0 N–H and O–H groups in total. The van der Waals surface area contributed by atoms with Gasteiger partial charge in [-0.3, -0.25) is 4.99 Å². The Kier molecular flexibility index (Phi) is 8.51. The molecular weight excluding hydrogens is 194 g/mol. The largest absolute Gasteiger partial charge is 0.297 e. The molecule has 16 heavy (non-hydrogen) atoms. The summed E-state index contributed by atoms with van der Waals surface area (Å²) in [4.78, 5) is 4.11. The van der Waals surface area contributed by atoms with Crippen LogP contribution in [0.25, 0.3) is 0 Å². The summed E-state index contributed by atoms with van der Waals surface area (Å²) >= 11 is 0. The molecule has 0 aromatic heterocycles. The van der Waals surface area contributed by atoms with Gasteiger partial charge in [-0.15, -0.1) is 0 Å². The lowest BCUT2D eigenvalue weighted by molar-refractivity contribution is 0.967. The highest BCUT2D eigenvalue weighted by molar-refractivity contribution is 5.83. The van der Waals surface area contributed by atoms with Crippen molar-refractivity contribution in [3.8, 4) is 0 Å². The topological polar surface area (TPSA) is 12.4 Å². The Labute approximate surface area is 101 Å². The molecule has 0 aliphatic carbocycles. The van der Waals surface area contributed by atoms with Crippen molar-refractivity contribution >= 4 is 5.71 Å². The summed E-state index contributed by atoms with van der Waals surface area (Å²) in [7, 11) is 1.84. The highest BCUT2D eigenvalue weighted by Crippen LogP contribution is 2.06. The van der Waals surface area contributed by atoms with Gasteiger partial charge in [-0.05, 0) is 40.5 Å². The Morgan fingerprint density at radius 2 is 1.81 bits per heavy atom. The van der Waals surface area contributed by atoms with Gasteiger partial charge in [0.15, 0.2) is 0 Å². The fourth-order valence-electron chi connectivity index (χ4n) is 1.23. The molecule has 0 radical (unpaired) electrons. The monoisotopic (exact) mass is 219 g/mol. The van der Waals surface area contributed by atoms with Gasteiger partial charge in [-0.25, -0.2) is 0 Å². The van der Waals surface area contributed by atoms with E-state index >= 15 is 0 Å². The van der Waals surface area contributed by atoms with Crippen LogP contribution in [0, 0.1) is 0 Å². The number of aliphatic imine (C=N–C) groups is 1. The van der Waals surface area contributed by atoms with E-state index in [4.69, 9.17) is 0 Å². The van der Waals surface area contributed by atoms with Crippen molar-refractivity contribution in [1.82, 2.24) is 0 Å². The maximum absolute atomic E-state index is 4.11. The van der Waals surface area contributed by atoms with Crippen molar-refractivity contribution in [3.63, 3.8) is 0 Å². The van der Waals surface area contributed by atoms with E-state index < -0.39 is 0 Å². The molecule has 1 heteroatoms. The Hall–Kier alpha value is -1.11. The second-order valence-electron chi connectivity index (χ2n) is 4.42. The highest BCUT2D eigenvalue weighted by atomic mass is 14.7. The van der Waals surface area contributed by atoms with Crippen LogP contribution in [0.3, 0.4) is 0 Å². The predicted octanol–water partition coefficient (Wildman–Crippen LogP) is 4.72. The van der Waals surface area contributed by atoms with Crippen LogP contribution < -0.4 is 0 Å². The van der Waals surface area contributed by atoms with Gasteiger partial charge in [0.2, 0.25) is 0 Å². The second kappa shape index (κ2) is 9.14. The van der Waals surface area contributed by atoms with Gasteiger partial charge in [0.1, 0.15) is 0 Å². The molecule has 0 saturated carbocycles. The number of allylic oxidation sites excluding steroid dienone is 6. The smallest absolute Gasteiger partial charge is 0.0276 e. The lowest BCUT2D eigenvalue weighted by atomic mass is 10.1. The van der Waals surface area contributed by atoms with Crippen molar-refractivity contribution in [2.24, 2.45) is 4.99 Å². The molecule has 0 amide bonds. The normalized spacial score (nSPS) is 13.3. The van der Waals surface area contributed by atoms with Gasteiger partial charge in [-0.2, -0.15) is 0 Å². The number of hydrogen-bond donors (Lipinski definition) is 0. The fraction of sp³-hybridized carbons (Fsp3) is 0.533. The predicted molar refractivity (Wildman–Crippen MR) is 75.2 cm³/mol. The lowest BCUT2D eigenvalue weighted by Crippen LogP contribution is -1.85. The SMILES string of the molecule is CN=C(C)CC=C/C=C(\C)CCC=C(C)C. The van der Waals surface area contributed by atoms with E-state index in [9.17, 15) is 0 Å². The van der Waals surface area contributed by atoms with Crippen LogP contribution in [0.5, 0.6) is 0 Å². The van der Waals surface area contributed by atoms with Crippen LogP contribution in [0.1, 0.15) is 47.0 Å². The standard InChI is InChI=1S/C15H25N/c1-13(2)9-8-11-14(3)10-6-7-12-15(4)16-5/h6-7,9-10H,8,11-12H2,1-5H3/b7-6?,14-10+,16-15?. The first kappa shape index (κ1) is 14.9. The summed E-state index contributed by atoms with van der Waals surface area (Å²) in [6, 6.07) is 0. The number of rotatable bonds is 6. The van der Waals surface area contributed by atoms with E-state index in [1.807, 2.05) is 7.05 Å². The van der Waals surface area contributed by atoms with Gasteiger partial charge < -0.3 is 0 Å². The maximum atomic E-state index is 4.11. The number of hydrogen-bond acceptors (Lipinski definition) is 1. The zero-order valence-electron chi connectivity index (χ0n) is 11.4. The number of nitrogens with zero attached hydrogens (tertiary/aromatic N) is 1. The first-order chi connectivity index (χ1) is 7.56. The first-order valence-electron chi connectivity index (χ1n) is 5.94. The molecule has 90 valence electrons. The van der Waals surface area contributed by atoms with Gasteiger partial charge in [0.25, 0.3) is 0 Å². The molecule has 0 fully saturated rings. The summed E-state index contributed by atoms with van der Waals surface area (Å²) in [6.07, 6.45) is 12.0. The van der Waals surface area contributed by atoms with Crippen LogP contribution in [0.15, 0.2) is 40.4 Å². The van der Waals surface area contributed by atoms with Crippen LogP contribution in [0.4, 0.5) is 0 Å². The quantitative estimate of drug-likeness (QED) is 0.348. The summed E-state index contributed by atoms with van der Waals surface area (Å²) < 4.78 is 0. The van der Waals surface area contributed by atoms with Crippen molar-refractivity contribution < 1.29 is 0 Å². The van der Waals surface area contributed by atoms with E-state index in [2.05, 4.69) is 57.0 Å². The van der Waals surface area contributed by atoms with E-state index in [1.165, 1.54) is 16.9 Å². The second-order valence-corrected chi connectivity index (χ2v) is 4.42. The third-order valence-electron chi connectivity index (χ3n) is 2.40. The first-order valence-corrected chi connectivity index (χ1v) is 5.94. The van der Waals surface area contributed by atoms with Crippen LogP contribution in [0.2, 0.25) is 0 Å². The average molecular weight is 219 g/mol. The molecule has 0 bridgehead atoms. The third-order valence-corrected chi connectivity index (χ3v) is 2.40. The minimum absolute atomic E-state index is 0.953. The van der Waals surface area contributed by atoms with E-state index in [1.54, 1.807) is 0 Å². The summed E-state index contributed by atoms with van der Waals surface area (Å²) in [6.45, 7) is 8.53. The minimum Gasteiger partial charge on any atom is -0.297 e. The Bertz CT molecular complexity index is 299. The van der Waals surface area contributed by atoms with Crippen LogP contribution in [-0.4, -0.2) is 12.8 Å². The molecule has 0 rings (SSSR count). The van der Waals surface area contributed by atoms with Gasteiger partial charge >= 0.3 is 0 Å². The molecule has 0 aliphatic rings. The zero-order valence-corrected chi connectivity index (χ0v) is 11.4. The molecule has 0 atom stereocenters. The van der Waals surface area contributed by atoms with Gasteiger partial charge in [0.05, 0.1) is 0 Å². The zero-order chi connectivity index (χ0) is 12.4. The van der Waals surface area contributed by atoms with Crippen molar-refractivity contribution in [3.05, 3.63) is 35.5 Å². The van der Waals surface area contributed by atoms with E-state index in [0.717, 1.165) is 19.3 Å². The molecule has 0 unspecified atom stereocenters. The van der Waals surface area contributed by atoms with E-state index in [0.29, 0.717) is 0 Å². The Morgan fingerprint density at radius 1 is 1.12 bits per heavy atom. The average Bonchev–Trinajstić information content (AvgIpc) is 2.23. The fourth-order valence-corrected chi connectivity index (χ4v) is 1.23. The molecule has 0 aromatic rings. The molecule has 0 heterocycles. The maximum Gasteiger partial charge on any atom is 0.0276 e. The molecule has 0 aromatic carbocycles. The van der Waals surface area contributed by atoms with Gasteiger partial charge in [0, 0.05) is 19.2 Å². The van der Waals surface area contributed by atoms with Crippen molar-refractivity contribution in [2.75, 3.05) is 7.05 Å². The summed E-state index contributed by atoms with van der Waals surface area (Å²) in [5.41, 5.74) is 4.00. The van der Waals surface area contributed by atoms with Crippen molar-refractivity contribution in [2.45, 2.75) is 47.0 Å². The third kappa shape index (κ3) is 9.45. The molecule has 1 nitrogen and oxygen atoms in total. The minimum atomic E-state index is 0.953. The molecule has 0 aliphatic heterocycles. The lowest BCUT2D eigenvalue weighted by Gasteiger charge is -1.96. The molecule has 0 spiro atoms.